The molecule has 0 spiro atoms. The fourth-order valence-electron chi connectivity index (χ4n) is 2.32. The molecule has 3 nitrogen and oxygen atoms in total. The van der Waals surface area contributed by atoms with Gasteiger partial charge in [-0.2, -0.15) is 0 Å². The van der Waals surface area contributed by atoms with Gasteiger partial charge in [0.05, 0.1) is 6.10 Å². The van der Waals surface area contributed by atoms with Gasteiger partial charge in [-0.25, -0.2) is 0 Å². The molecule has 1 N–H and O–H groups in total. The van der Waals surface area contributed by atoms with E-state index in [2.05, 4.69) is 5.32 Å². The average molecular weight is 183 g/mol. The molecule has 74 valence electrons. The van der Waals surface area contributed by atoms with E-state index in [0.717, 1.165) is 6.54 Å². The topological polar surface area (TPSA) is 38.3 Å². The number of ether oxygens (including phenoxy) is 1. The smallest absolute Gasteiger partial charge is 0.246 e. The lowest BCUT2D eigenvalue weighted by atomic mass is 9.85. The van der Waals surface area contributed by atoms with Crippen molar-refractivity contribution in [2.75, 3.05) is 13.2 Å². The maximum atomic E-state index is 10.9. The van der Waals surface area contributed by atoms with Gasteiger partial charge in [0.25, 0.3) is 0 Å². The van der Waals surface area contributed by atoms with Crippen LogP contribution in [0.1, 0.15) is 32.1 Å². The number of rotatable bonds is 1. The van der Waals surface area contributed by atoms with Crippen LogP contribution in [0.15, 0.2) is 0 Å². The summed E-state index contributed by atoms with van der Waals surface area (Å²) >= 11 is 0. The molecule has 13 heavy (non-hydrogen) atoms. The molecule has 2 aliphatic rings. The van der Waals surface area contributed by atoms with E-state index in [1.165, 1.54) is 32.1 Å². The highest BCUT2D eigenvalue weighted by molar-refractivity contribution is 5.77. The summed E-state index contributed by atoms with van der Waals surface area (Å²) in [4.78, 5) is 10.9. The van der Waals surface area contributed by atoms with E-state index in [1.54, 1.807) is 0 Å². The third-order valence-corrected chi connectivity index (χ3v) is 3.10. The summed E-state index contributed by atoms with van der Waals surface area (Å²) in [6.45, 7) is 0.991. The monoisotopic (exact) mass is 183 g/mol. The van der Waals surface area contributed by atoms with Gasteiger partial charge in [-0.05, 0) is 18.8 Å². The first-order chi connectivity index (χ1) is 6.36. The highest BCUT2D eigenvalue weighted by atomic mass is 16.5. The lowest BCUT2D eigenvalue weighted by Crippen LogP contribution is -2.46. The van der Waals surface area contributed by atoms with Crippen LogP contribution in [0.3, 0.4) is 0 Å². The van der Waals surface area contributed by atoms with E-state index in [9.17, 15) is 4.79 Å². The van der Waals surface area contributed by atoms with Gasteiger partial charge in [0, 0.05) is 6.54 Å². The predicted molar refractivity (Wildman–Crippen MR) is 49.3 cm³/mol. The van der Waals surface area contributed by atoms with Crippen molar-refractivity contribution in [3.63, 3.8) is 0 Å². The lowest BCUT2D eigenvalue weighted by molar-refractivity contribution is -0.136. The third kappa shape index (κ3) is 2.21. The van der Waals surface area contributed by atoms with Gasteiger partial charge in [-0.1, -0.05) is 19.3 Å². The van der Waals surface area contributed by atoms with Crippen LogP contribution < -0.4 is 5.32 Å². The zero-order valence-electron chi connectivity index (χ0n) is 7.92. The maximum absolute atomic E-state index is 10.9. The number of hydrogen-bond donors (Lipinski definition) is 1. The van der Waals surface area contributed by atoms with Crippen LogP contribution in [0.25, 0.3) is 0 Å². The van der Waals surface area contributed by atoms with Crippen molar-refractivity contribution in [1.29, 1.82) is 0 Å². The van der Waals surface area contributed by atoms with E-state index in [4.69, 9.17) is 4.74 Å². The van der Waals surface area contributed by atoms with Crippen molar-refractivity contribution >= 4 is 5.91 Å². The second-order valence-electron chi connectivity index (χ2n) is 4.05. The van der Waals surface area contributed by atoms with Gasteiger partial charge in [0.1, 0.15) is 6.61 Å². The van der Waals surface area contributed by atoms with Gasteiger partial charge in [-0.15, -0.1) is 0 Å². The van der Waals surface area contributed by atoms with E-state index >= 15 is 0 Å². The van der Waals surface area contributed by atoms with Crippen LogP contribution in [0.5, 0.6) is 0 Å². The van der Waals surface area contributed by atoms with Gasteiger partial charge < -0.3 is 10.1 Å². The molecule has 0 radical (unpaired) electrons. The molecule has 1 aliphatic heterocycles. The van der Waals surface area contributed by atoms with Crippen LogP contribution in [0.2, 0.25) is 0 Å². The van der Waals surface area contributed by atoms with Gasteiger partial charge >= 0.3 is 0 Å². The first kappa shape index (κ1) is 9.00. The van der Waals surface area contributed by atoms with E-state index in [-0.39, 0.29) is 18.6 Å². The zero-order valence-corrected chi connectivity index (χ0v) is 7.92. The Morgan fingerprint density at radius 1 is 1.23 bits per heavy atom. The molecule has 1 heterocycles. The minimum Gasteiger partial charge on any atom is -0.366 e. The molecule has 3 heteroatoms. The van der Waals surface area contributed by atoms with Crippen LogP contribution in [-0.4, -0.2) is 25.2 Å². The number of carbonyl (C=O) groups is 1. The lowest BCUT2D eigenvalue weighted by Gasteiger charge is -2.32. The summed E-state index contributed by atoms with van der Waals surface area (Å²) in [5.74, 6) is 0.724. The van der Waals surface area contributed by atoms with Crippen LogP contribution in [0, 0.1) is 5.92 Å². The zero-order chi connectivity index (χ0) is 9.10. The van der Waals surface area contributed by atoms with Crippen LogP contribution >= 0.6 is 0 Å². The number of hydrogen-bond acceptors (Lipinski definition) is 2. The van der Waals surface area contributed by atoms with Crippen LogP contribution in [-0.2, 0) is 9.53 Å². The Balaban J connectivity index is 1.82. The number of morpholine rings is 1. The summed E-state index contributed by atoms with van der Waals surface area (Å²) in [5.41, 5.74) is 0. The Bertz CT molecular complexity index is 177. The summed E-state index contributed by atoms with van der Waals surface area (Å²) in [7, 11) is 0. The quantitative estimate of drug-likeness (QED) is 0.660. The second-order valence-corrected chi connectivity index (χ2v) is 4.05. The van der Waals surface area contributed by atoms with E-state index in [1.807, 2.05) is 0 Å². The van der Waals surface area contributed by atoms with Crippen molar-refractivity contribution in [3.8, 4) is 0 Å². The fourth-order valence-corrected chi connectivity index (χ4v) is 2.32. The first-order valence-electron chi connectivity index (χ1n) is 5.24. The molecule has 2 fully saturated rings. The standard InChI is InChI=1S/C10H17NO2/c12-10-7-13-9(6-11-10)8-4-2-1-3-5-8/h8-9H,1-7H2,(H,11,12). The van der Waals surface area contributed by atoms with Crippen LogP contribution in [0.4, 0.5) is 0 Å². The molecule has 1 unspecified atom stereocenters. The van der Waals surface area contributed by atoms with E-state index < -0.39 is 0 Å². The Morgan fingerprint density at radius 2 is 2.00 bits per heavy atom. The number of carbonyl (C=O) groups excluding carboxylic acids is 1. The molecule has 0 aromatic heterocycles. The van der Waals surface area contributed by atoms with Crippen molar-refractivity contribution in [1.82, 2.24) is 5.32 Å². The summed E-state index contributed by atoms with van der Waals surface area (Å²) in [5, 5.41) is 2.87. The van der Waals surface area contributed by atoms with Crippen molar-refractivity contribution in [2.24, 2.45) is 5.92 Å². The van der Waals surface area contributed by atoms with E-state index in [0.29, 0.717) is 5.92 Å². The number of amides is 1. The maximum Gasteiger partial charge on any atom is 0.246 e. The molecule has 1 atom stereocenters. The Kier molecular flexibility index (Phi) is 2.83. The number of nitrogens with one attached hydrogen (secondary N) is 1. The molecule has 0 aromatic carbocycles. The summed E-state index contributed by atoms with van der Waals surface area (Å²) in [6, 6.07) is 0. The van der Waals surface area contributed by atoms with Gasteiger partial charge in [0.15, 0.2) is 0 Å². The Labute approximate surface area is 78.8 Å². The van der Waals surface area contributed by atoms with Crippen molar-refractivity contribution in [2.45, 2.75) is 38.2 Å². The average Bonchev–Trinajstić information content (AvgIpc) is 2.20. The van der Waals surface area contributed by atoms with Gasteiger partial charge in [0.2, 0.25) is 5.91 Å². The predicted octanol–water partition coefficient (Wildman–Crippen LogP) is 1.08. The SMILES string of the molecule is O=C1COC(C2CCCCC2)CN1. The largest absolute Gasteiger partial charge is 0.366 e. The molecule has 1 amide bonds. The third-order valence-electron chi connectivity index (χ3n) is 3.10. The van der Waals surface area contributed by atoms with Gasteiger partial charge in [-0.3, -0.25) is 4.79 Å². The minimum absolute atomic E-state index is 0.0343. The molecule has 0 bridgehead atoms. The fraction of sp³-hybridized carbons (Fsp3) is 0.900. The Hall–Kier alpha value is -0.570. The van der Waals surface area contributed by atoms with Crippen molar-refractivity contribution < 1.29 is 9.53 Å². The molecule has 1 aliphatic carbocycles. The summed E-state index contributed by atoms with van der Waals surface area (Å²) < 4.78 is 5.52. The minimum atomic E-state index is 0.0343. The summed E-state index contributed by atoms with van der Waals surface area (Å²) in [6.07, 6.45) is 6.88. The second kappa shape index (κ2) is 4.09. The normalized spacial score (nSPS) is 31.4. The molecular formula is C10H17NO2. The Morgan fingerprint density at radius 3 is 2.62 bits per heavy atom. The molecule has 0 aromatic rings. The van der Waals surface area contributed by atoms with Crippen molar-refractivity contribution in [3.05, 3.63) is 0 Å². The molecule has 1 saturated carbocycles. The first-order valence-corrected chi connectivity index (χ1v) is 5.24. The molecule has 2 rings (SSSR count). The molecule has 1 saturated heterocycles. The highest BCUT2D eigenvalue weighted by Crippen LogP contribution is 2.28. The molecular weight excluding hydrogens is 166 g/mol. The highest BCUT2D eigenvalue weighted by Gasteiger charge is 2.27.